The molecule has 0 saturated carbocycles. The zero-order chi connectivity index (χ0) is 15.7. The van der Waals surface area contributed by atoms with E-state index in [-0.39, 0.29) is 24.2 Å². The molecule has 1 fully saturated rings. The molecule has 0 N–H and O–H groups in total. The third-order valence-electron chi connectivity index (χ3n) is 3.74. The lowest BCUT2D eigenvalue weighted by atomic mass is 9.98. The second-order valence-electron chi connectivity index (χ2n) is 5.44. The molecule has 1 aromatic heterocycles. The van der Waals surface area contributed by atoms with E-state index in [4.69, 9.17) is 11.6 Å². The molecular formula is C17H15ClN2O2. The minimum atomic E-state index is -0.337. The van der Waals surface area contributed by atoms with E-state index in [0.29, 0.717) is 17.3 Å². The van der Waals surface area contributed by atoms with Crippen LogP contribution >= 0.6 is 11.6 Å². The van der Waals surface area contributed by atoms with Crippen LogP contribution in [0.25, 0.3) is 0 Å². The zero-order valence-electron chi connectivity index (χ0n) is 12.1. The van der Waals surface area contributed by atoms with Crippen LogP contribution in [-0.4, -0.2) is 16.8 Å². The number of anilines is 1. The van der Waals surface area contributed by atoms with Crippen LogP contribution in [0.5, 0.6) is 0 Å². The Hall–Kier alpha value is -2.20. The molecule has 1 aliphatic rings. The minimum Gasteiger partial charge on any atom is -0.274 e. The summed E-state index contributed by atoms with van der Waals surface area (Å²) in [6.45, 7) is 1.83. The van der Waals surface area contributed by atoms with E-state index in [1.165, 1.54) is 4.90 Å². The molecule has 22 heavy (non-hydrogen) atoms. The van der Waals surface area contributed by atoms with Gasteiger partial charge in [0, 0.05) is 17.1 Å². The molecule has 3 rings (SSSR count). The standard InChI is InChI=1S/C17H15ClN2O2/c1-11-3-2-4-15(19-11)20-16(21)10-13(17(20)22)9-12-5-7-14(18)8-6-12/h2-8,13H,9-10H2,1H3/t13-/m1/s1. The largest absolute Gasteiger partial charge is 0.274 e. The molecule has 0 radical (unpaired) electrons. The molecule has 0 unspecified atom stereocenters. The number of aryl methyl sites for hydroxylation is 1. The van der Waals surface area contributed by atoms with E-state index < -0.39 is 0 Å². The van der Waals surface area contributed by atoms with Crippen molar-refractivity contribution in [1.29, 1.82) is 0 Å². The Kier molecular flexibility index (Phi) is 3.94. The van der Waals surface area contributed by atoms with E-state index in [2.05, 4.69) is 4.98 Å². The van der Waals surface area contributed by atoms with Crippen LogP contribution in [0.1, 0.15) is 17.7 Å². The monoisotopic (exact) mass is 314 g/mol. The van der Waals surface area contributed by atoms with Gasteiger partial charge in [-0.3, -0.25) is 9.59 Å². The first-order chi connectivity index (χ1) is 10.5. The van der Waals surface area contributed by atoms with Gasteiger partial charge in [0.1, 0.15) is 5.82 Å². The van der Waals surface area contributed by atoms with Gasteiger partial charge < -0.3 is 0 Å². The predicted molar refractivity (Wildman–Crippen MR) is 84.7 cm³/mol. The molecule has 2 aromatic rings. The van der Waals surface area contributed by atoms with Gasteiger partial charge in [-0.2, -0.15) is 0 Å². The summed E-state index contributed by atoms with van der Waals surface area (Å²) >= 11 is 5.86. The Bertz CT molecular complexity index is 728. The van der Waals surface area contributed by atoms with E-state index in [9.17, 15) is 9.59 Å². The molecule has 0 aliphatic carbocycles. The second kappa shape index (κ2) is 5.89. The van der Waals surface area contributed by atoms with Crippen molar-refractivity contribution in [3.8, 4) is 0 Å². The fraction of sp³-hybridized carbons (Fsp3) is 0.235. The maximum Gasteiger partial charge on any atom is 0.238 e. The highest BCUT2D eigenvalue weighted by Gasteiger charge is 2.40. The van der Waals surface area contributed by atoms with Gasteiger partial charge in [-0.15, -0.1) is 0 Å². The van der Waals surface area contributed by atoms with E-state index in [1.54, 1.807) is 24.3 Å². The Morgan fingerprint density at radius 1 is 1.18 bits per heavy atom. The van der Waals surface area contributed by atoms with Crippen LogP contribution in [0.3, 0.4) is 0 Å². The molecular weight excluding hydrogens is 300 g/mol. The maximum atomic E-state index is 12.5. The number of carbonyl (C=O) groups is 2. The number of benzene rings is 1. The second-order valence-corrected chi connectivity index (χ2v) is 5.87. The average molecular weight is 315 g/mol. The van der Waals surface area contributed by atoms with Crippen LogP contribution in [-0.2, 0) is 16.0 Å². The quantitative estimate of drug-likeness (QED) is 0.818. The van der Waals surface area contributed by atoms with Crippen LogP contribution in [0.2, 0.25) is 5.02 Å². The number of imide groups is 1. The van der Waals surface area contributed by atoms with E-state index in [1.807, 2.05) is 25.1 Å². The Balaban J connectivity index is 1.81. The first kappa shape index (κ1) is 14.7. The van der Waals surface area contributed by atoms with Crippen molar-refractivity contribution in [2.45, 2.75) is 19.8 Å². The van der Waals surface area contributed by atoms with Crippen molar-refractivity contribution < 1.29 is 9.59 Å². The van der Waals surface area contributed by atoms with Crippen LogP contribution in [0.4, 0.5) is 5.82 Å². The lowest BCUT2D eigenvalue weighted by Crippen LogP contribution is -2.31. The van der Waals surface area contributed by atoms with Gasteiger partial charge in [0.15, 0.2) is 0 Å². The van der Waals surface area contributed by atoms with Crippen molar-refractivity contribution in [1.82, 2.24) is 4.98 Å². The molecule has 4 nitrogen and oxygen atoms in total. The fourth-order valence-electron chi connectivity index (χ4n) is 2.65. The molecule has 2 amide bonds. The third kappa shape index (κ3) is 2.88. The maximum absolute atomic E-state index is 12.5. The number of hydrogen-bond acceptors (Lipinski definition) is 3. The predicted octanol–water partition coefficient (Wildman–Crippen LogP) is 3.17. The topological polar surface area (TPSA) is 50.3 Å². The summed E-state index contributed by atoms with van der Waals surface area (Å²) in [5.41, 5.74) is 1.77. The molecule has 5 heteroatoms. The Morgan fingerprint density at radius 3 is 2.59 bits per heavy atom. The summed E-state index contributed by atoms with van der Waals surface area (Å²) in [5.74, 6) is -0.301. The number of nitrogens with zero attached hydrogens (tertiary/aromatic N) is 2. The highest BCUT2D eigenvalue weighted by Crippen LogP contribution is 2.28. The summed E-state index contributed by atoms with van der Waals surface area (Å²) in [6, 6.07) is 12.7. The molecule has 112 valence electrons. The first-order valence-electron chi connectivity index (χ1n) is 7.09. The molecule has 2 heterocycles. The number of pyridine rings is 1. The molecule has 1 aliphatic heterocycles. The summed E-state index contributed by atoms with van der Waals surface area (Å²) < 4.78 is 0. The molecule has 1 aromatic carbocycles. The SMILES string of the molecule is Cc1cccc(N2C(=O)C[C@@H](Cc3ccc(Cl)cc3)C2=O)n1. The van der Waals surface area contributed by atoms with Gasteiger partial charge >= 0.3 is 0 Å². The number of carbonyl (C=O) groups excluding carboxylic acids is 2. The summed E-state index contributed by atoms with van der Waals surface area (Å²) in [6.07, 6.45) is 0.751. The average Bonchev–Trinajstić information content (AvgIpc) is 2.76. The van der Waals surface area contributed by atoms with Crippen molar-refractivity contribution in [2.24, 2.45) is 5.92 Å². The van der Waals surface area contributed by atoms with Gasteiger partial charge in [0.05, 0.1) is 5.92 Å². The van der Waals surface area contributed by atoms with Gasteiger partial charge in [-0.25, -0.2) is 9.88 Å². The fourth-order valence-corrected chi connectivity index (χ4v) is 2.78. The number of aromatic nitrogens is 1. The van der Waals surface area contributed by atoms with Crippen LogP contribution < -0.4 is 4.90 Å². The van der Waals surface area contributed by atoms with Crippen LogP contribution in [0, 0.1) is 12.8 Å². The minimum absolute atomic E-state index is 0.182. The smallest absolute Gasteiger partial charge is 0.238 e. The third-order valence-corrected chi connectivity index (χ3v) is 3.99. The highest BCUT2D eigenvalue weighted by molar-refractivity contribution is 6.30. The summed E-state index contributed by atoms with van der Waals surface area (Å²) in [5, 5.41) is 0.656. The molecule has 1 saturated heterocycles. The van der Waals surface area contributed by atoms with E-state index >= 15 is 0 Å². The van der Waals surface area contributed by atoms with Gasteiger partial charge in [-0.1, -0.05) is 29.8 Å². The van der Waals surface area contributed by atoms with Crippen molar-refractivity contribution >= 4 is 29.2 Å². The van der Waals surface area contributed by atoms with Crippen LogP contribution in [0.15, 0.2) is 42.5 Å². The number of hydrogen-bond donors (Lipinski definition) is 0. The first-order valence-corrected chi connectivity index (χ1v) is 7.47. The summed E-state index contributed by atoms with van der Waals surface area (Å²) in [7, 11) is 0. The number of rotatable bonds is 3. The summed E-state index contributed by atoms with van der Waals surface area (Å²) in [4.78, 5) is 30.2. The zero-order valence-corrected chi connectivity index (χ0v) is 12.9. The van der Waals surface area contributed by atoms with Gasteiger partial charge in [0.2, 0.25) is 11.8 Å². The molecule has 0 spiro atoms. The number of amides is 2. The molecule has 0 bridgehead atoms. The number of halogens is 1. The molecule has 1 atom stereocenters. The van der Waals surface area contributed by atoms with Gasteiger partial charge in [0.25, 0.3) is 0 Å². The Labute approximate surface area is 133 Å². The lowest BCUT2D eigenvalue weighted by Gasteiger charge is -2.14. The van der Waals surface area contributed by atoms with E-state index in [0.717, 1.165) is 11.3 Å². The highest BCUT2D eigenvalue weighted by atomic mass is 35.5. The van der Waals surface area contributed by atoms with Crippen molar-refractivity contribution in [3.05, 3.63) is 58.7 Å². The van der Waals surface area contributed by atoms with Crippen molar-refractivity contribution in [3.63, 3.8) is 0 Å². The van der Waals surface area contributed by atoms with Crippen molar-refractivity contribution in [2.75, 3.05) is 4.90 Å². The van der Waals surface area contributed by atoms with Gasteiger partial charge in [-0.05, 0) is 43.2 Å². The Morgan fingerprint density at radius 2 is 1.91 bits per heavy atom. The normalized spacial score (nSPS) is 18.1. The lowest BCUT2D eigenvalue weighted by molar-refractivity contribution is -0.122.